The molecule has 0 aromatic heterocycles. The molecule has 6 heteroatoms. The molecular weight excluding hydrogens is 489 g/mol. The van der Waals surface area contributed by atoms with Crippen LogP contribution in [-0.2, 0) is 6.54 Å². The molecule has 2 fully saturated rings. The normalized spacial score (nSPS) is 22.1. The highest BCUT2D eigenvalue weighted by Crippen LogP contribution is 2.35. The van der Waals surface area contributed by atoms with Crippen molar-refractivity contribution in [2.24, 2.45) is 5.92 Å². The zero-order chi connectivity index (χ0) is 27.5. The first-order valence-electron chi connectivity index (χ1n) is 14.2. The first-order chi connectivity index (χ1) is 18.8. The Balaban J connectivity index is 1.38. The number of nitrogens with zero attached hydrogens (tertiary/aromatic N) is 3. The minimum atomic E-state index is -0.201. The highest BCUT2D eigenvalue weighted by atomic mass is 19.1. The number of aromatic hydroxyl groups is 1. The Morgan fingerprint density at radius 3 is 2.31 bits per heavy atom. The van der Waals surface area contributed by atoms with Crippen molar-refractivity contribution >= 4 is 5.91 Å². The maximum absolute atomic E-state index is 13.8. The van der Waals surface area contributed by atoms with Gasteiger partial charge in [-0.15, -0.1) is 0 Å². The first kappa shape index (κ1) is 27.4. The number of benzene rings is 3. The predicted octanol–water partition coefficient (Wildman–Crippen LogP) is 6.09. The number of carbonyl (C=O) groups is 1. The number of halogens is 1. The van der Waals surface area contributed by atoms with E-state index < -0.39 is 0 Å². The number of likely N-dealkylation sites (tertiary alicyclic amines) is 1. The van der Waals surface area contributed by atoms with Crippen molar-refractivity contribution in [2.45, 2.75) is 58.3 Å². The number of phenols is 1. The molecule has 3 atom stereocenters. The number of piperazine rings is 1. The largest absolute Gasteiger partial charge is 0.508 e. The van der Waals surface area contributed by atoms with Crippen molar-refractivity contribution in [1.82, 2.24) is 14.7 Å². The van der Waals surface area contributed by atoms with Gasteiger partial charge in [0.15, 0.2) is 0 Å². The van der Waals surface area contributed by atoms with Crippen LogP contribution in [0.3, 0.4) is 0 Å². The standard InChI is InChI=1S/C33H40FN3O2/c1-23-14-16-35(17-15-23)33(39)28-12-10-27(11-13-28)32(29-7-5-9-31(38)19-29)37-21-24(2)36(20-25(37)3)22-26-6-4-8-30(34)18-26/h4-13,18-19,23-25,32,38H,14-17,20-22H2,1-3H3/t24-,25+,32-/m1/s1. The Labute approximate surface area is 231 Å². The van der Waals surface area contributed by atoms with Gasteiger partial charge in [0.1, 0.15) is 11.6 Å². The molecule has 0 unspecified atom stereocenters. The molecule has 0 radical (unpaired) electrons. The van der Waals surface area contributed by atoms with Gasteiger partial charge < -0.3 is 10.0 Å². The molecule has 2 saturated heterocycles. The first-order valence-corrected chi connectivity index (χ1v) is 14.2. The summed E-state index contributed by atoms with van der Waals surface area (Å²) in [6, 6.07) is 22.8. The third kappa shape index (κ3) is 6.34. The molecule has 3 aromatic carbocycles. The van der Waals surface area contributed by atoms with E-state index in [2.05, 4.69) is 48.8 Å². The van der Waals surface area contributed by atoms with Gasteiger partial charge in [0.2, 0.25) is 0 Å². The topological polar surface area (TPSA) is 47.0 Å². The van der Waals surface area contributed by atoms with E-state index in [0.717, 1.165) is 61.3 Å². The minimum absolute atomic E-state index is 0.0640. The highest BCUT2D eigenvalue weighted by Gasteiger charge is 2.35. The summed E-state index contributed by atoms with van der Waals surface area (Å²) in [4.78, 5) is 20.0. The van der Waals surface area contributed by atoms with Crippen LogP contribution in [0.5, 0.6) is 5.75 Å². The Hall–Kier alpha value is -3.22. The molecule has 2 heterocycles. The third-order valence-electron chi connectivity index (χ3n) is 8.50. The van der Waals surface area contributed by atoms with E-state index in [1.54, 1.807) is 18.2 Å². The SMILES string of the molecule is CC1CCN(C(=O)c2ccc([C@H](c3cccc(O)c3)N3C[C@@H](C)N(Cc4cccc(F)c4)C[C@@H]3C)cc2)CC1. The second kappa shape index (κ2) is 11.9. The molecular formula is C33H40FN3O2. The Morgan fingerprint density at radius 2 is 1.62 bits per heavy atom. The zero-order valence-corrected chi connectivity index (χ0v) is 23.3. The lowest BCUT2D eigenvalue weighted by molar-refractivity contribution is 0.0194. The summed E-state index contributed by atoms with van der Waals surface area (Å²) in [6.45, 7) is 10.7. The fourth-order valence-electron chi connectivity index (χ4n) is 6.15. The van der Waals surface area contributed by atoms with Crippen molar-refractivity contribution in [3.63, 3.8) is 0 Å². The van der Waals surface area contributed by atoms with E-state index in [4.69, 9.17) is 0 Å². The van der Waals surface area contributed by atoms with Crippen molar-refractivity contribution in [3.05, 3.63) is 101 Å². The van der Waals surface area contributed by atoms with Gasteiger partial charge in [0.25, 0.3) is 5.91 Å². The number of amides is 1. The van der Waals surface area contributed by atoms with E-state index in [0.29, 0.717) is 12.5 Å². The van der Waals surface area contributed by atoms with Crippen LogP contribution in [0.15, 0.2) is 72.8 Å². The molecule has 0 saturated carbocycles. The fraction of sp³-hybridized carbons (Fsp3) is 0.424. The van der Waals surface area contributed by atoms with Crippen molar-refractivity contribution < 1.29 is 14.3 Å². The van der Waals surface area contributed by atoms with E-state index in [9.17, 15) is 14.3 Å². The maximum atomic E-state index is 13.8. The summed E-state index contributed by atoms with van der Waals surface area (Å²) in [5.74, 6) is 0.829. The Bertz CT molecular complexity index is 1270. The lowest BCUT2D eigenvalue weighted by Crippen LogP contribution is -2.56. The number of phenolic OH excluding ortho intramolecular Hbond substituents is 1. The molecule has 2 aliphatic rings. The highest BCUT2D eigenvalue weighted by molar-refractivity contribution is 5.94. The average molecular weight is 530 g/mol. The van der Waals surface area contributed by atoms with Gasteiger partial charge in [0.05, 0.1) is 6.04 Å². The molecule has 0 aliphatic carbocycles. The Kier molecular flexibility index (Phi) is 8.34. The molecule has 2 aliphatic heterocycles. The van der Waals surface area contributed by atoms with Crippen molar-refractivity contribution in [3.8, 4) is 5.75 Å². The monoisotopic (exact) mass is 529 g/mol. The number of hydrogen-bond donors (Lipinski definition) is 1. The maximum Gasteiger partial charge on any atom is 0.253 e. The van der Waals surface area contributed by atoms with Crippen LogP contribution < -0.4 is 0 Å². The molecule has 206 valence electrons. The summed E-state index contributed by atoms with van der Waals surface area (Å²) in [5, 5.41) is 10.3. The van der Waals surface area contributed by atoms with Gasteiger partial charge >= 0.3 is 0 Å². The third-order valence-corrected chi connectivity index (χ3v) is 8.50. The van der Waals surface area contributed by atoms with Crippen LogP contribution in [0.2, 0.25) is 0 Å². The van der Waals surface area contributed by atoms with Gasteiger partial charge in [0, 0.05) is 50.4 Å². The molecule has 5 nitrogen and oxygen atoms in total. The van der Waals surface area contributed by atoms with Gasteiger partial charge in [-0.2, -0.15) is 0 Å². The summed E-state index contributed by atoms with van der Waals surface area (Å²) in [7, 11) is 0. The summed E-state index contributed by atoms with van der Waals surface area (Å²) < 4.78 is 13.8. The van der Waals surface area contributed by atoms with Crippen LogP contribution in [0, 0.1) is 11.7 Å². The number of piperidine rings is 1. The van der Waals surface area contributed by atoms with Crippen molar-refractivity contribution in [1.29, 1.82) is 0 Å². The average Bonchev–Trinajstić information content (AvgIpc) is 2.92. The molecule has 0 bridgehead atoms. The van der Waals surface area contributed by atoms with Gasteiger partial charge in [-0.05, 0) is 85.7 Å². The van der Waals surface area contributed by atoms with Crippen LogP contribution in [0.1, 0.15) is 66.7 Å². The minimum Gasteiger partial charge on any atom is -0.508 e. The second-order valence-electron chi connectivity index (χ2n) is 11.5. The fourth-order valence-corrected chi connectivity index (χ4v) is 6.15. The van der Waals surface area contributed by atoms with Crippen LogP contribution in [-0.4, -0.2) is 64.0 Å². The summed E-state index contributed by atoms with van der Waals surface area (Å²) in [6.07, 6.45) is 2.12. The lowest BCUT2D eigenvalue weighted by atomic mass is 9.92. The van der Waals surface area contributed by atoms with Gasteiger partial charge in [-0.1, -0.05) is 43.3 Å². The van der Waals surface area contributed by atoms with Gasteiger partial charge in [-0.25, -0.2) is 4.39 Å². The predicted molar refractivity (Wildman–Crippen MR) is 153 cm³/mol. The smallest absolute Gasteiger partial charge is 0.253 e. The quantitative estimate of drug-likeness (QED) is 0.420. The van der Waals surface area contributed by atoms with Crippen LogP contribution in [0.4, 0.5) is 4.39 Å². The van der Waals surface area contributed by atoms with E-state index in [1.807, 2.05) is 35.2 Å². The molecule has 5 rings (SSSR count). The molecule has 0 spiro atoms. The van der Waals surface area contributed by atoms with Crippen LogP contribution in [0.25, 0.3) is 0 Å². The van der Waals surface area contributed by atoms with E-state index in [1.165, 1.54) is 6.07 Å². The summed E-state index contributed by atoms with van der Waals surface area (Å²) in [5.41, 5.74) is 3.83. The van der Waals surface area contributed by atoms with Crippen LogP contribution >= 0.6 is 0 Å². The Morgan fingerprint density at radius 1 is 0.897 bits per heavy atom. The zero-order valence-electron chi connectivity index (χ0n) is 23.3. The summed E-state index contributed by atoms with van der Waals surface area (Å²) >= 11 is 0. The molecule has 39 heavy (non-hydrogen) atoms. The van der Waals surface area contributed by atoms with Gasteiger partial charge in [-0.3, -0.25) is 14.6 Å². The molecule has 1 N–H and O–H groups in total. The van der Waals surface area contributed by atoms with E-state index >= 15 is 0 Å². The second-order valence-corrected chi connectivity index (χ2v) is 11.5. The number of hydrogen-bond acceptors (Lipinski definition) is 4. The van der Waals surface area contributed by atoms with E-state index in [-0.39, 0.29) is 35.6 Å². The lowest BCUT2D eigenvalue weighted by Gasteiger charge is -2.47. The number of rotatable bonds is 6. The van der Waals surface area contributed by atoms with Crippen molar-refractivity contribution in [2.75, 3.05) is 26.2 Å². The number of carbonyl (C=O) groups excluding carboxylic acids is 1. The molecule has 1 amide bonds. The molecule has 3 aromatic rings.